The van der Waals surface area contributed by atoms with Gasteiger partial charge in [-0.05, 0) is 42.5 Å². The maximum atomic E-state index is 12.9. The smallest absolute Gasteiger partial charge is 0.243 e. The highest BCUT2D eigenvalue weighted by atomic mass is 32.2. The van der Waals surface area contributed by atoms with Gasteiger partial charge in [0.15, 0.2) is 0 Å². The van der Waals surface area contributed by atoms with E-state index in [9.17, 15) is 8.42 Å². The third-order valence-electron chi connectivity index (χ3n) is 4.53. The van der Waals surface area contributed by atoms with Gasteiger partial charge in [-0.1, -0.05) is 32.9 Å². The van der Waals surface area contributed by atoms with Crippen LogP contribution in [0.1, 0.15) is 31.9 Å². The van der Waals surface area contributed by atoms with Gasteiger partial charge in [0.25, 0.3) is 0 Å². The Hall–Kier alpha value is -0.910. The summed E-state index contributed by atoms with van der Waals surface area (Å²) in [4.78, 5) is 0.458. The normalized spacial score (nSPS) is 23.6. The summed E-state index contributed by atoms with van der Waals surface area (Å²) in [7, 11) is -3.38. The van der Waals surface area contributed by atoms with Crippen molar-refractivity contribution in [1.29, 1.82) is 0 Å². The van der Waals surface area contributed by atoms with Crippen LogP contribution in [0.3, 0.4) is 0 Å². The van der Waals surface area contributed by atoms with E-state index in [4.69, 9.17) is 0 Å². The fourth-order valence-corrected chi connectivity index (χ4v) is 4.71. The van der Waals surface area contributed by atoms with Crippen LogP contribution in [-0.4, -0.2) is 32.4 Å². The van der Waals surface area contributed by atoms with Gasteiger partial charge in [-0.3, -0.25) is 0 Å². The van der Waals surface area contributed by atoms with Crippen LogP contribution in [-0.2, 0) is 16.6 Å². The number of nitrogens with zero attached hydrogens (tertiary/aromatic N) is 1. The number of benzene rings is 1. The Morgan fingerprint density at radius 3 is 2.43 bits per heavy atom. The predicted molar refractivity (Wildman–Crippen MR) is 85.6 cm³/mol. The van der Waals surface area contributed by atoms with Crippen molar-refractivity contribution in [2.75, 3.05) is 19.6 Å². The van der Waals surface area contributed by atoms with Gasteiger partial charge in [0.1, 0.15) is 0 Å². The van der Waals surface area contributed by atoms with Gasteiger partial charge in [0, 0.05) is 19.6 Å². The minimum absolute atomic E-state index is 0.421. The van der Waals surface area contributed by atoms with Crippen LogP contribution < -0.4 is 5.32 Å². The van der Waals surface area contributed by atoms with Crippen molar-refractivity contribution >= 4 is 10.0 Å². The Morgan fingerprint density at radius 1 is 1.24 bits per heavy atom. The summed E-state index contributed by atoms with van der Waals surface area (Å²) in [6.45, 7) is 11.0. The maximum absolute atomic E-state index is 12.9. The van der Waals surface area contributed by atoms with E-state index in [0.717, 1.165) is 17.7 Å². The Labute approximate surface area is 128 Å². The summed E-state index contributed by atoms with van der Waals surface area (Å²) in [5, 5.41) is 3.26. The number of nitrogens with one attached hydrogen (secondary N) is 1. The van der Waals surface area contributed by atoms with Crippen LogP contribution in [0.15, 0.2) is 23.1 Å². The first-order valence-electron chi connectivity index (χ1n) is 7.67. The zero-order valence-corrected chi connectivity index (χ0v) is 14.2. The number of sulfonamides is 1. The van der Waals surface area contributed by atoms with Crippen LogP contribution in [0.5, 0.6) is 0 Å². The van der Waals surface area contributed by atoms with Crippen LogP contribution in [0.4, 0.5) is 0 Å². The van der Waals surface area contributed by atoms with E-state index in [-0.39, 0.29) is 0 Å². The second-order valence-electron chi connectivity index (χ2n) is 6.10. The molecular weight excluding hydrogens is 284 g/mol. The van der Waals surface area contributed by atoms with Gasteiger partial charge in [0.05, 0.1) is 4.90 Å². The van der Waals surface area contributed by atoms with E-state index in [1.54, 1.807) is 10.4 Å². The lowest BCUT2D eigenvalue weighted by atomic mass is 10.0. The monoisotopic (exact) mass is 310 g/mol. The summed E-state index contributed by atoms with van der Waals surface area (Å²) < 4.78 is 27.4. The quantitative estimate of drug-likeness (QED) is 0.908. The van der Waals surface area contributed by atoms with Crippen LogP contribution >= 0.6 is 0 Å². The fourth-order valence-electron chi connectivity index (χ4n) is 2.80. The molecule has 1 heterocycles. The molecule has 2 atom stereocenters. The SMILES string of the molecule is CCNCc1cccc(S(=O)(=O)N2CC(C)C(C)C2)c1C. The van der Waals surface area contributed by atoms with Gasteiger partial charge in [0.2, 0.25) is 10.0 Å². The first-order chi connectivity index (χ1) is 9.87. The molecule has 0 aliphatic carbocycles. The van der Waals surface area contributed by atoms with Gasteiger partial charge in [-0.25, -0.2) is 8.42 Å². The molecule has 1 aliphatic heterocycles. The first kappa shape index (κ1) is 16.5. The van der Waals surface area contributed by atoms with Crippen molar-refractivity contribution in [2.24, 2.45) is 11.8 Å². The molecule has 0 aromatic heterocycles. The molecule has 21 heavy (non-hydrogen) atoms. The molecule has 0 saturated carbocycles. The zero-order valence-electron chi connectivity index (χ0n) is 13.4. The summed E-state index contributed by atoms with van der Waals surface area (Å²) in [5.41, 5.74) is 1.92. The Morgan fingerprint density at radius 2 is 1.86 bits per heavy atom. The van der Waals surface area contributed by atoms with E-state index in [1.807, 2.05) is 26.0 Å². The average Bonchev–Trinajstić information content (AvgIpc) is 2.78. The molecule has 2 rings (SSSR count). The molecular formula is C16H26N2O2S. The summed E-state index contributed by atoms with van der Waals surface area (Å²) in [6, 6.07) is 5.56. The lowest BCUT2D eigenvalue weighted by Gasteiger charge is -2.19. The molecule has 0 amide bonds. The summed E-state index contributed by atoms with van der Waals surface area (Å²) >= 11 is 0. The van der Waals surface area contributed by atoms with Crippen LogP contribution in [0.25, 0.3) is 0 Å². The van der Waals surface area contributed by atoms with E-state index < -0.39 is 10.0 Å². The molecule has 1 aromatic rings. The molecule has 1 aromatic carbocycles. The maximum Gasteiger partial charge on any atom is 0.243 e. The minimum atomic E-state index is -3.38. The highest BCUT2D eigenvalue weighted by Gasteiger charge is 2.35. The Kier molecular flexibility index (Phi) is 5.07. The molecule has 0 radical (unpaired) electrons. The average molecular weight is 310 g/mol. The van der Waals surface area contributed by atoms with Crippen molar-refractivity contribution in [1.82, 2.24) is 9.62 Å². The highest BCUT2D eigenvalue weighted by molar-refractivity contribution is 7.89. The fraction of sp³-hybridized carbons (Fsp3) is 0.625. The van der Waals surface area contributed by atoms with Gasteiger partial charge in [-0.2, -0.15) is 4.31 Å². The second kappa shape index (κ2) is 6.46. The molecule has 1 saturated heterocycles. The summed E-state index contributed by atoms with van der Waals surface area (Å²) in [6.07, 6.45) is 0. The molecule has 5 heteroatoms. The molecule has 0 spiro atoms. The summed E-state index contributed by atoms with van der Waals surface area (Å²) in [5.74, 6) is 0.843. The zero-order chi connectivity index (χ0) is 15.6. The highest BCUT2D eigenvalue weighted by Crippen LogP contribution is 2.30. The van der Waals surface area contributed by atoms with Crippen molar-refractivity contribution in [3.05, 3.63) is 29.3 Å². The largest absolute Gasteiger partial charge is 0.313 e. The molecule has 1 N–H and O–H groups in total. The number of hydrogen-bond acceptors (Lipinski definition) is 3. The lowest BCUT2D eigenvalue weighted by molar-refractivity contribution is 0.462. The second-order valence-corrected chi connectivity index (χ2v) is 8.00. The third-order valence-corrected chi connectivity index (χ3v) is 6.51. The van der Waals surface area contributed by atoms with E-state index in [0.29, 0.717) is 36.4 Å². The third kappa shape index (κ3) is 3.30. The minimum Gasteiger partial charge on any atom is -0.313 e. The predicted octanol–water partition coefficient (Wildman–Crippen LogP) is 2.38. The van der Waals surface area contributed by atoms with Crippen molar-refractivity contribution in [2.45, 2.75) is 39.1 Å². The van der Waals surface area contributed by atoms with Gasteiger partial charge >= 0.3 is 0 Å². The molecule has 0 bridgehead atoms. The number of hydrogen-bond donors (Lipinski definition) is 1. The standard InChI is InChI=1S/C16H26N2O2S/c1-5-17-9-15-7-6-8-16(14(15)4)21(19,20)18-10-12(2)13(3)11-18/h6-8,12-13,17H,5,9-11H2,1-4H3. The van der Waals surface area contributed by atoms with Crippen LogP contribution in [0, 0.1) is 18.8 Å². The van der Waals surface area contributed by atoms with E-state index in [1.165, 1.54) is 0 Å². The number of rotatable bonds is 5. The van der Waals surface area contributed by atoms with Gasteiger partial charge < -0.3 is 5.32 Å². The van der Waals surface area contributed by atoms with Crippen LogP contribution in [0.2, 0.25) is 0 Å². The van der Waals surface area contributed by atoms with Crippen molar-refractivity contribution < 1.29 is 8.42 Å². The first-order valence-corrected chi connectivity index (χ1v) is 9.11. The molecule has 118 valence electrons. The van der Waals surface area contributed by atoms with E-state index in [2.05, 4.69) is 19.2 Å². The molecule has 1 fully saturated rings. The Balaban J connectivity index is 2.32. The van der Waals surface area contributed by atoms with Crippen molar-refractivity contribution in [3.63, 3.8) is 0 Å². The molecule has 1 aliphatic rings. The van der Waals surface area contributed by atoms with Gasteiger partial charge in [-0.15, -0.1) is 0 Å². The molecule has 4 nitrogen and oxygen atoms in total. The Bertz CT molecular complexity index is 588. The van der Waals surface area contributed by atoms with Crippen molar-refractivity contribution in [3.8, 4) is 0 Å². The molecule has 2 unspecified atom stereocenters. The lowest BCUT2D eigenvalue weighted by Crippen LogP contribution is -2.30. The topological polar surface area (TPSA) is 49.4 Å². The van der Waals surface area contributed by atoms with E-state index >= 15 is 0 Å².